The first-order valence-electron chi connectivity index (χ1n) is 5.86. The summed E-state index contributed by atoms with van der Waals surface area (Å²) in [6.45, 7) is 0.301. The number of nitrogens with zero attached hydrogens (tertiary/aromatic N) is 1. The Hall–Kier alpha value is -0.880. The van der Waals surface area contributed by atoms with E-state index in [1.165, 1.54) is 4.31 Å². The van der Waals surface area contributed by atoms with Crippen LogP contribution in [-0.2, 0) is 16.6 Å². The first-order valence-corrected chi connectivity index (χ1v) is 8.47. The number of hydrogen-bond donors (Lipinski definition) is 0. The maximum Gasteiger partial charge on any atom is 0.243 e. The van der Waals surface area contributed by atoms with E-state index >= 15 is 0 Å². The molecule has 2 aromatic carbocycles. The summed E-state index contributed by atoms with van der Waals surface area (Å²) in [6.07, 6.45) is 0. The van der Waals surface area contributed by atoms with Crippen molar-refractivity contribution in [3.63, 3.8) is 0 Å². The summed E-state index contributed by atoms with van der Waals surface area (Å²) in [5, 5.41) is 0.632. The molecule has 0 radical (unpaired) electrons. The molecule has 3 nitrogen and oxygen atoms in total. The van der Waals surface area contributed by atoms with Crippen LogP contribution in [0.1, 0.15) is 5.56 Å². The number of halogens is 2. The van der Waals surface area contributed by atoms with Gasteiger partial charge in [0.05, 0.1) is 4.90 Å². The fraction of sp³-hybridized carbons (Fsp3) is 0.143. The maximum absolute atomic E-state index is 12.4. The third-order valence-corrected chi connectivity index (χ3v) is 5.44. The second kappa shape index (κ2) is 6.26. The van der Waals surface area contributed by atoms with Gasteiger partial charge in [-0.3, -0.25) is 0 Å². The van der Waals surface area contributed by atoms with Crippen LogP contribution in [0, 0.1) is 0 Å². The van der Waals surface area contributed by atoms with Crippen LogP contribution < -0.4 is 0 Å². The van der Waals surface area contributed by atoms with Gasteiger partial charge >= 0.3 is 0 Å². The Morgan fingerprint density at radius 3 is 2.15 bits per heavy atom. The van der Waals surface area contributed by atoms with E-state index in [0.717, 1.165) is 10.0 Å². The minimum atomic E-state index is -3.48. The molecule has 0 aliphatic carbocycles. The van der Waals surface area contributed by atoms with E-state index in [2.05, 4.69) is 15.9 Å². The smallest absolute Gasteiger partial charge is 0.207 e. The summed E-state index contributed by atoms with van der Waals surface area (Å²) in [4.78, 5) is 0.275. The molecule has 6 heteroatoms. The van der Waals surface area contributed by atoms with Crippen molar-refractivity contribution < 1.29 is 8.42 Å². The van der Waals surface area contributed by atoms with Crippen molar-refractivity contribution in [1.82, 2.24) is 4.31 Å². The van der Waals surface area contributed by atoms with Gasteiger partial charge in [-0.25, -0.2) is 8.42 Å². The molecule has 0 aliphatic heterocycles. The predicted molar refractivity (Wildman–Crippen MR) is 84.2 cm³/mol. The summed E-state index contributed by atoms with van der Waals surface area (Å²) in [6, 6.07) is 13.7. The van der Waals surface area contributed by atoms with E-state index in [1.54, 1.807) is 43.4 Å². The van der Waals surface area contributed by atoms with Crippen LogP contribution in [-0.4, -0.2) is 19.8 Å². The van der Waals surface area contributed by atoms with Crippen LogP contribution in [0.15, 0.2) is 57.9 Å². The highest BCUT2D eigenvalue weighted by Gasteiger charge is 2.20. The van der Waals surface area contributed by atoms with Gasteiger partial charge in [0.1, 0.15) is 0 Å². The highest BCUT2D eigenvalue weighted by Crippen LogP contribution is 2.20. The minimum absolute atomic E-state index is 0.275. The number of benzene rings is 2. The quantitative estimate of drug-likeness (QED) is 0.813. The fourth-order valence-corrected chi connectivity index (χ4v) is 3.27. The molecular weight excluding hydrogens is 362 g/mol. The zero-order valence-corrected chi connectivity index (χ0v) is 13.9. The lowest BCUT2D eigenvalue weighted by Crippen LogP contribution is -2.26. The SMILES string of the molecule is CN(Cc1ccc(Cl)cc1)S(=O)(=O)c1ccc(Br)cc1. The zero-order valence-electron chi connectivity index (χ0n) is 10.8. The first-order chi connectivity index (χ1) is 9.39. The zero-order chi connectivity index (χ0) is 14.8. The third-order valence-electron chi connectivity index (χ3n) is 2.84. The average molecular weight is 375 g/mol. The summed E-state index contributed by atoms with van der Waals surface area (Å²) >= 11 is 9.10. The van der Waals surface area contributed by atoms with Crippen LogP contribution in [0.2, 0.25) is 5.02 Å². The summed E-state index contributed by atoms with van der Waals surface area (Å²) < 4.78 is 27.0. The van der Waals surface area contributed by atoms with Gasteiger partial charge in [-0.05, 0) is 42.0 Å². The molecule has 0 fully saturated rings. The van der Waals surface area contributed by atoms with Gasteiger partial charge in [-0.15, -0.1) is 0 Å². The van der Waals surface area contributed by atoms with Gasteiger partial charge in [0.2, 0.25) is 10.0 Å². The van der Waals surface area contributed by atoms with Crippen LogP contribution in [0.25, 0.3) is 0 Å². The highest BCUT2D eigenvalue weighted by atomic mass is 79.9. The Morgan fingerprint density at radius 1 is 1.05 bits per heavy atom. The van der Waals surface area contributed by atoms with Gasteiger partial charge < -0.3 is 0 Å². The highest BCUT2D eigenvalue weighted by molar-refractivity contribution is 9.10. The Balaban J connectivity index is 2.21. The summed E-state index contributed by atoms with van der Waals surface area (Å²) in [7, 11) is -1.92. The van der Waals surface area contributed by atoms with Crippen molar-refractivity contribution in [3.05, 3.63) is 63.6 Å². The van der Waals surface area contributed by atoms with E-state index < -0.39 is 10.0 Å². The van der Waals surface area contributed by atoms with Crippen LogP contribution in [0.5, 0.6) is 0 Å². The molecule has 20 heavy (non-hydrogen) atoms. The average Bonchev–Trinajstić information content (AvgIpc) is 2.42. The molecular formula is C14H13BrClNO2S. The van der Waals surface area contributed by atoms with Gasteiger partial charge in [0.25, 0.3) is 0 Å². The van der Waals surface area contributed by atoms with Crippen LogP contribution in [0.3, 0.4) is 0 Å². The second-order valence-electron chi connectivity index (χ2n) is 4.34. The van der Waals surface area contributed by atoms with Crippen molar-refractivity contribution in [2.45, 2.75) is 11.4 Å². The number of hydrogen-bond acceptors (Lipinski definition) is 2. The fourth-order valence-electron chi connectivity index (χ4n) is 1.72. The second-order valence-corrected chi connectivity index (χ2v) is 7.74. The Bertz CT molecular complexity index is 684. The van der Waals surface area contributed by atoms with E-state index in [0.29, 0.717) is 11.6 Å². The van der Waals surface area contributed by atoms with Crippen LogP contribution in [0.4, 0.5) is 0 Å². The van der Waals surface area contributed by atoms with Crippen LogP contribution >= 0.6 is 27.5 Å². The molecule has 0 unspecified atom stereocenters. The van der Waals surface area contributed by atoms with Gasteiger partial charge in [-0.1, -0.05) is 39.7 Å². The molecule has 0 atom stereocenters. The standard InChI is InChI=1S/C14H13BrClNO2S/c1-17(10-11-2-6-13(16)7-3-11)20(18,19)14-8-4-12(15)5-9-14/h2-9H,10H2,1H3. The van der Waals surface area contributed by atoms with Crippen molar-refractivity contribution in [1.29, 1.82) is 0 Å². The van der Waals surface area contributed by atoms with Crippen molar-refractivity contribution >= 4 is 37.6 Å². The topological polar surface area (TPSA) is 37.4 Å². The first kappa shape index (κ1) is 15.5. The molecule has 0 saturated carbocycles. The van der Waals surface area contributed by atoms with Crippen molar-refractivity contribution in [2.75, 3.05) is 7.05 Å². The molecule has 0 heterocycles. The van der Waals surface area contributed by atoms with Crippen molar-refractivity contribution in [2.24, 2.45) is 0 Å². The molecule has 0 saturated heterocycles. The van der Waals surface area contributed by atoms with Crippen molar-refractivity contribution in [3.8, 4) is 0 Å². The van der Waals surface area contributed by atoms with E-state index in [-0.39, 0.29) is 4.90 Å². The maximum atomic E-state index is 12.4. The molecule has 2 rings (SSSR count). The minimum Gasteiger partial charge on any atom is -0.207 e. The predicted octanol–water partition coefficient (Wildman–Crippen LogP) is 3.92. The molecule has 0 bridgehead atoms. The van der Waals surface area contributed by atoms with Gasteiger partial charge in [0, 0.05) is 23.1 Å². The van der Waals surface area contributed by atoms with Gasteiger partial charge in [-0.2, -0.15) is 4.31 Å². The Kier molecular flexibility index (Phi) is 4.86. The van der Waals surface area contributed by atoms with E-state index in [4.69, 9.17) is 11.6 Å². The number of rotatable bonds is 4. The Labute approximate surface area is 132 Å². The Morgan fingerprint density at radius 2 is 1.60 bits per heavy atom. The van der Waals surface area contributed by atoms with Gasteiger partial charge in [0.15, 0.2) is 0 Å². The lowest BCUT2D eigenvalue weighted by atomic mass is 10.2. The van der Waals surface area contributed by atoms with E-state index in [9.17, 15) is 8.42 Å². The normalized spacial score (nSPS) is 11.8. The molecule has 0 amide bonds. The molecule has 106 valence electrons. The lowest BCUT2D eigenvalue weighted by molar-refractivity contribution is 0.467. The summed E-state index contributed by atoms with van der Waals surface area (Å²) in [5.41, 5.74) is 0.887. The monoisotopic (exact) mass is 373 g/mol. The lowest BCUT2D eigenvalue weighted by Gasteiger charge is -2.17. The number of sulfonamides is 1. The molecule has 0 N–H and O–H groups in total. The summed E-state index contributed by atoms with van der Waals surface area (Å²) in [5.74, 6) is 0. The third kappa shape index (κ3) is 3.61. The molecule has 0 aliphatic rings. The molecule has 0 spiro atoms. The molecule has 0 aromatic heterocycles. The largest absolute Gasteiger partial charge is 0.243 e. The molecule has 2 aromatic rings. The van der Waals surface area contributed by atoms with E-state index in [1.807, 2.05) is 12.1 Å².